The van der Waals surface area contributed by atoms with E-state index in [9.17, 15) is 8.42 Å². The fourth-order valence-electron chi connectivity index (χ4n) is 1.68. The van der Waals surface area contributed by atoms with E-state index in [1.165, 1.54) is 22.7 Å². The fourth-order valence-corrected chi connectivity index (χ4v) is 4.65. The molecule has 0 saturated heterocycles. The van der Waals surface area contributed by atoms with Gasteiger partial charge in [-0.3, -0.25) is 0 Å². The summed E-state index contributed by atoms with van der Waals surface area (Å²) in [5, 5.41) is 11.8. The third-order valence-electron chi connectivity index (χ3n) is 3.04. The van der Waals surface area contributed by atoms with Crippen LogP contribution in [-0.4, -0.2) is 37.5 Å². The van der Waals surface area contributed by atoms with Crippen molar-refractivity contribution in [3.05, 3.63) is 28.6 Å². The minimum absolute atomic E-state index is 0.224. The number of sulfonamides is 1. The number of hydrogen-bond donors (Lipinski definition) is 1. The highest BCUT2D eigenvalue weighted by Crippen LogP contribution is 2.33. The third-order valence-corrected chi connectivity index (χ3v) is 6.40. The molecule has 0 amide bonds. The zero-order valence-electron chi connectivity index (χ0n) is 10.5. The van der Waals surface area contributed by atoms with Gasteiger partial charge < -0.3 is 5.11 Å². The van der Waals surface area contributed by atoms with Crippen LogP contribution in [0.3, 0.4) is 0 Å². The first kappa shape index (κ1) is 14.7. The van der Waals surface area contributed by atoms with E-state index >= 15 is 0 Å². The summed E-state index contributed by atoms with van der Waals surface area (Å²) in [6.45, 7) is 1.43. The van der Waals surface area contributed by atoms with Crippen LogP contribution >= 0.6 is 22.9 Å². The van der Waals surface area contributed by atoms with Crippen molar-refractivity contribution in [1.82, 2.24) is 4.31 Å². The van der Waals surface area contributed by atoms with Gasteiger partial charge in [-0.2, -0.15) is 4.31 Å². The first-order chi connectivity index (χ1) is 8.87. The number of likely N-dealkylation sites (N-methyl/N-ethyl adjacent to an activating group) is 1. The Morgan fingerprint density at radius 3 is 2.79 bits per heavy atom. The maximum atomic E-state index is 12.5. The summed E-state index contributed by atoms with van der Waals surface area (Å²) in [6.07, 6.45) is 0. The normalized spacial score (nSPS) is 14.2. The molecule has 0 radical (unpaired) electrons. The molecule has 2 aromatic rings. The molecular weight excluding hydrogens is 306 g/mol. The number of aliphatic hydroxyl groups excluding tert-OH is 1. The highest BCUT2D eigenvalue weighted by atomic mass is 35.5. The van der Waals surface area contributed by atoms with Crippen LogP contribution in [0.5, 0.6) is 0 Å². The highest BCUT2D eigenvalue weighted by Gasteiger charge is 2.27. The molecule has 0 aliphatic heterocycles. The average Bonchev–Trinajstić information content (AvgIpc) is 2.80. The molecule has 0 aliphatic carbocycles. The van der Waals surface area contributed by atoms with Crippen molar-refractivity contribution in [3.63, 3.8) is 0 Å². The molecule has 104 valence electrons. The monoisotopic (exact) mass is 319 g/mol. The average molecular weight is 320 g/mol. The van der Waals surface area contributed by atoms with Gasteiger partial charge >= 0.3 is 0 Å². The van der Waals surface area contributed by atoms with E-state index in [1.54, 1.807) is 30.5 Å². The molecule has 0 bridgehead atoms. The van der Waals surface area contributed by atoms with Gasteiger partial charge in [-0.05, 0) is 25.1 Å². The van der Waals surface area contributed by atoms with E-state index in [4.69, 9.17) is 16.7 Å². The van der Waals surface area contributed by atoms with E-state index in [-0.39, 0.29) is 11.5 Å². The smallest absolute Gasteiger partial charge is 0.244 e. The Kier molecular flexibility index (Phi) is 4.17. The summed E-state index contributed by atoms with van der Waals surface area (Å²) in [7, 11) is -2.16. The lowest BCUT2D eigenvalue weighted by atomic mass is 10.3. The zero-order valence-corrected chi connectivity index (χ0v) is 12.9. The Bertz CT molecular complexity index is 696. The minimum atomic E-state index is -3.63. The molecule has 0 aliphatic rings. The van der Waals surface area contributed by atoms with Crippen molar-refractivity contribution < 1.29 is 13.5 Å². The lowest BCUT2D eigenvalue weighted by Gasteiger charge is -2.22. The van der Waals surface area contributed by atoms with Crippen LogP contribution < -0.4 is 0 Å². The van der Waals surface area contributed by atoms with Crippen molar-refractivity contribution >= 4 is 43.0 Å². The quantitative estimate of drug-likeness (QED) is 0.942. The summed E-state index contributed by atoms with van der Waals surface area (Å²) >= 11 is 7.28. The number of hydrogen-bond acceptors (Lipinski definition) is 4. The number of aliphatic hydroxyl groups is 1. The first-order valence-corrected chi connectivity index (χ1v) is 8.33. The molecule has 0 unspecified atom stereocenters. The van der Waals surface area contributed by atoms with Crippen molar-refractivity contribution in [2.75, 3.05) is 13.7 Å². The summed E-state index contributed by atoms with van der Waals surface area (Å²) < 4.78 is 27.0. The Morgan fingerprint density at radius 2 is 2.16 bits per heavy atom. The molecule has 4 nitrogen and oxygen atoms in total. The Morgan fingerprint density at radius 1 is 1.47 bits per heavy atom. The molecule has 0 spiro atoms. The Balaban J connectivity index is 2.58. The summed E-state index contributed by atoms with van der Waals surface area (Å²) in [5.74, 6) is 0. The molecule has 7 heteroatoms. The molecule has 2 rings (SSSR count). The van der Waals surface area contributed by atoms with Gasteiger partial charge in [0.2, 0.25) is 10.0 Å². The minimum Gasteiger partial charge on any atom is -0.395 e. The fraction of sp³-hybridized carbons (Fsp3) is 0.333. The number of halogens is 1. The molecule has 1 aromatic heterocycles. The largest absolute Gasteiger partial charge is 0.395 e. The predicted octanol–water partition coefficient (Wildman–Crippen LogP) is 2.56. The van der Waals surface area contributed by atoms with Crippen LogP contribution in [0.4, 0.5) is 0 Å². The maximum Gasteiger partial charge on any atom is 0.244 e. The highest BCUT2D eigenvalue weighted by molar-refractivity contribution is 7.89. The Labute approximate surface area is 121 Å². The van der Waals surface area contributed by atoms with Crippen molar-refractivity contribution in [3.8, 4) is 0 Å². The maximum absolute atomic E-state index is 12.5. The summed E-state index contributed by atoms with van der Waals surface area (Å²) in [4.78, 5) is 0.234. The van der Waals surface area contributed by atoms with Gasteiger partial charge in [-0.15, -0.1) is 11.3 Å². The second-order valence-corrected chi connectivity index (χ2v) is 7.61. The zero-order chi connectivity index (χ0) is 14.2. The van der Waals surface area contributed by atoms with E-state index in [2.05, 4.69) is 0 Å². The summed E-state index contributed by atoms with van der Waals surface area (Å²) in [5.41, 5.74) is 0. The topological polar surface area (TPSA) is 57.6 Å². The third kappa shape index (κ3) is 2.64. The summed E-state index contributed by atoms with van der Waals surface area (Å²) in [6, 6.07) is 4.71. The molecule has 1 aromatic carbocycles. The van der Waals surface area contributed by atoms with E-state index in [0.29, 0.717) is 10.4 Å². The van der Waals surface area contributed by atoms with Crippen LogP contribution in [0, 0.1) is 0 Å². The predicted molar refractivity (Wildman–Crippen MR) is 78.3 cm³/mol. The standard InChI is InChI=1S/C12H14ClNO3S2/c1-8(6-15)14(2)19(16,17)12-7-18-11-4-3-9(13)5-10(11)12/h3-5,7-8,15H,6H2,1-2H3/t8-/m1/s1. The van der Waals surface area contributed by atoms with Gasteiger partial charge in [-0.25, -0.2) is 8.42 Å². The van der Waals surface area contributed by atoms with Crippen LogP contribution in [0.1, 0.15) is 6.92 Å². The number of nitrogens with zero attached hydrogens (tertiary/aromatic N) is 1. The Hall–Kier alpha value is -0.660. The second kappa shape index (κ2) is 5.38. The van der Waals surface area contributed by atoms with Crippen molar-refractivity contribution in [2.45, 2.75) is 17.9 Å². The van der Waals surface area contributed by atoms with E-state index in [1.807, 2.05) is 0 Å². The molecule has 1 heterocycles. The lowest BCUT2D eigenvalue weighted by Crippen LogP contribution is -2.37. The molecule has 19 heavy (non-hydrogen) atoms. The van der Waals surface area contributed by atoms with Crippen molar-refractivity contribution in [2.24, 2.45) is 0 Å². The van der Waals surface area contributed by atoms with Gasteiger partial charge in [0.05, 0.1) is 6.61 Å². The van der Waals surface area contributed by atoms with E-state index < -0.39 is 16.1 Å². The van der Waals surface area contributed by atoms with Gasteiger partial charge in [0, 0.05) is 33.6 Å². The van der Waals surface area contributed by atoms with Gasteiger partial charge in [0.25, 0.3) is 0 Å². The number of benzene rings is 1. The van der Waals surface area contributed by atoms with Gasteiger partial charge in [0.15, 0.2) is 0 Å². The van der Waals surface area contributed by atoms with Crippen LogP contribution in [-0.2, 0) is 10.0 Å². The molecule has 1 atom stereocenters. The van der Waals surface area contributed by atoms with E-state index in [0.717, 1.165) is 4.70 Å². The molecule has 0 fully saturated rings. The van der Waals surface area contributed by atoms with Crippen LogP contribution in [0.25, 0.3) is 10.1 Å². The first-order valence-electron chi connectivity index (χ1n) is 5.63. The van der Waals surface area contributed by atoms with Crippen LogP contribution in [0.2, 0.25) is 5.02 Å². The lowest BCUT2D eigenvalue weighted by molar-refractivity contribution is 0.214. The number of rotatable bonds is 4. The van der Waals surface area contributed by atoms with Crippen LogP contribution in [0.15, 0.2) is 28.5 Å². The van der Waals surface area contributed by atoms with Crippen molar-refractivity contribution in [1.29, 1.82) is 0 Å². The number of thiophene rings is 1. The molecular formula is C12H14ClNO3S2. The number of fused-ring (bicyclic) bond motifs is 1. The SMILES string of the molecule is C[C@H](CO)N(C)S(=O)(=O)c1csc2ccc(Cl)cc12. The molecule has 1 N–H and O–H groups in total. The van der Waals surface area contributed by atoms with Gasteiger partial charge in [0.1, 0.15) is 4.90 Å². The molecule has 0 saturated carbocycles. The second-order valence-electron chi connectivity index (χ2n) is 4.29. The van der Waals surface area contributed by atoms with Gasteiger partial charge in [-0.1, -0.05) is 11.6 Å².